The molecule has 0 amide bonds. The molecule has 0 saturated heterocycles. The predicted molar refractivity (Wildman–Crippen MR) is 61.7 cm³/mol. The van der Waals surface area contributed by atoms with Gasteiger partial charge >= 0.3 is 6.36 Å². The first-order valence-electron chi connectivity index (χ1n) is 3.83. The topological polar surface area (TPSA) is 39.2 Å². The smallest absolute Gasteiger partial charge is 0.403 e. The third-order valence-electron chi connectivity index (χ3n) is 1.54. The number of aldehydes is 1. The van der Waals surface area contributed by atoms with E-state index >= 15 is 0 Å². The van der Waals surface area contributed by atoms with Crippen molar-refractivity contribution in [3.05, 3.63) is 21.0 Å². The Bertz CT molecular complexity index is 411. The summed E-state index contributed by atoms with van der Waals surface area (Å²) in [7, 11) is 0. The molecule has 88 valence electrons. The fourth-order valence-electron chi connectivity index (χ4n) is 0.928. The van der Waals surface area contributed by atoms with Gasteiger partial charge in [-0.3, -0.25) is 4.79 Å². The SMILES string of the molecule is O=Cc1cc(OC(F)(F)F)c(I)nc1CBr. The van der Waals surface area contributed by atoms with Gasteiger partial charge in [0.2, 0.25) is 0 Å². The predicted octanol–water partition coefficient (Wildman–Crippen LogP) is 3.29. The highest BCUT2D eigenvalue weighted by atomic mass is 127. The molecule has 1 aromatic rings. The molecule has 1 aromatic heterocycles. The number of aromatic nitrogens is 1. The molecule has 16 heavy (non-hydrogen) atoms. The number of carbonyl (C=O) groups is 1. The average molecular weight is 410 g/mol. The molecule has 3 nitrogen and oxygen atoms in total. The van der Waals surface area contributed by atoms with Crippen molar-refractivity contribution in [2.45, 2.75) is 11.7 Å². The van der Waals surface area contributed by atoms with Crippen LogP contribution in [0.15, 0.2) is 6.07 Å². The summed E-state index contributed by atoms with van der Waals surface area (Å²) in [6.45, 7) is 0. The van der Waals surface area contributed by atoms with Gasteiger partial charge in [0.1, 0.15) is 3.70 Å². The van der Waals surface area contributed by atoms with Gasteiger partial charge in [-0.1, -0.05) is 15.9 Å². The molecule has 0 aliphatic carbocycles. The molecule has 0 radical (unpaired) electrons. The van der Waals surface area contributed by atoms with Crippen LogP contribution in [0.2, 0.25) is 0 Å². The summed E-state index contributed by atoms with van der Waals surface area (Å²) in [5.41, 5.74) is 0.436. The quantitative estimate of drug-likeness (QED) is 0.333. The molecular weight excluding hydrogens is 406 g/mol. The highest BCUT2D eigenvalue weighted by Crippen LogP contribution is 2.28. The van der Waals surface area contributed by atoms with E-state index in [-0.39, 0.29) is 14.6 Å². The van der Waals surface area contributed by atoms with Crippen LogP contribution >= 0.6 is 38.5 Å². The maximum Gasteiger partial charge on any atom is 0.573 e. The minimum absolute atomic E-state index is 0.0509. The zero-order chi connectivity index (χ0) is 12.3. The Kier molecular flexibility index (Phi) is 4.53. The van der Waals surface area contributed by atoms with Crippen LogP contribution in [0.1, 0.15) is 16.1 Å². The molecule has 0 aromatic carbocycles. The second kappa shape index (κ2) is 5.30. The number of halogens is 5. The van der Waals surface area contributed by atoms with Gasteiger partial charge in [0, 0.05) is 10.9 Å². The van der Waals surface area contributed by atoms with Crippen LogP contribution in [0.4, 0.5) is 13.2 Å². The number of ether oxygens (including phenoxy) is 1. The molecular formula is C8H4BrF3INO2. The largest absolute Gasteiger partial charge is 0.573 e. The van der Waals surface area contributed by atoms with Crippen molar-refractivity contribution in [1.29, 1.82) is 0 Å². The lowest BCUT2D eigenvalue weighted by Crippen LogP contribution is -2.18. The second-order valence-electron chi connectivity index (χ2n) is 2.61. The molecule has 1 rings (SSSR count). The van der Waals surface area contributed by atoms with Crippen molar-refractivity contribution in [2.24, 2.45) is 0 Å². The van der Waals surface area contributed by atoms with Crippen molar-refractivity contribution in [3.63, 3.8) is 0 Å². The lowest BCUT2D eigenvalue weighted by atomic mass is 10.2. The zero-order valence-electron chi connectivity index (χ0n) is 7.52. The Hall–Kier alpha value is -0.380. The van der Waals surface area contributed by atoms with Gasteiger partial charge in [-0.2, -0.15) is 0 Å². The van der Waals surface area contributed by atoms with Crippen LogP contribution in [0.5, 0.6) is 5.75 Å². The maximum atomic E-state index is 12.0. The normalized spacial score (nSPS) is 11.3. The lowest BCUT2D eigenvalue weighted by molar-refractivity contribution is -0.275. The van der Waals surface area contributed by atoms with Crippen LogP contribution in [0.25, 0.3) is 0 Å². The zero-order valence-corrected chi connectivity index (χ0v) is 11.3. The van der Waals surface area contributed by atoms with E-state index in [0.717, 1.165) is 6.07 Å². The molecule has 0 saturated carbocycles. The summed E-state index contributed by atoms with van der Waals surface area (Å²) >= 11 is 4.69. The Balaban J connectivity index is 3.16. The number of carbonyl (C=O) groups excluding carboxylic acids is 1. The van der Waals surface area contributed by atoms with E-state index in [4.69, 9.17) is 0 Å². The molecule has 8 heteroatoms. The summed E-state index contributed by atoms with van der Waals surface area (Å²) in [5, 5.41) is 0.281. The molecule has 0 unspecified atom stereocenters. The van der Waals surface area contributed by atoms with Gasteiger partial charge in [-0.05, 0) is 28.7 Å². The first kappa shape index (κ1) is 13.7. The number of pyridine rings is 1. The summed E-state index contributed by atoms with van der Waals surface area (Å²) in [6, 6.07) is 1.02. The first-order chi connectivity index (χ1) is 7.37. The minimum atomic E-state index is -4.79. The Morgan fingerprint density at radius 1 is 1.56 bits per heavy atom. The molecule has 0 bridgehead atoms. The van der Waals surface area contributed by atoms with E-state index in [2.05, 4.69) is 25.7 Å². The van der Waals surface area contributed by atoms with Crippen LogP contribution in [0.3, 0.4) is 0 Å². The highest BCUT2D eigenvalue weighted by molar-refractivity contribution is 14.1. The van der Waals surface area contributed by atoms with Crippen molar-refractivity contribution >= 4 is 44.8 Å². The van der Waals surface area contributed by atoms with Gasteiger partial charge in [-0.25, -0.2) is 4.98 Å². The van der Waals surface area contributed by atoms with Gasteiger partial charge in [0.05, 0.1) is 5.69 Å². The molecule has 1 heterocycles. The van der Waals surface area contributed by atoms with E-state index in [1.54, 1.807) is 22.6 Å². The second-order valence-corrected chi connectivity index (χ2v) is 4.20. The fourth-order valence-corrected chi connectivity index (χ4v) is 1.93. The van der Waals surface area contributed by atoms with Crippen LogP contribution in [-0.2, 0) is 5.33 Å². The van der Waals surface area contributed by atoms with Crippen LogP contribution < -0.4 is 4.74 Å². The molecule has 0 N–H and O–H groups in total. The first-order valence-corrected chi connectivity index (χ1v) is 6.03. The van der Waals surface area contributed by atoms with Gasteiger partial charge in [0.15, 0.2) is 12.0 Å². The monoisotopic (exact) mass is 409 g/mol. The number of rotatable bonds is 3. The van der Waals surface area contributed by atoms with E-state index in [1.807, 2.05) is 0 Å². The third-order valence-corrected chi connectivity index (χ3v) is 2.84. The van der Waals surface area contributed by atoms with Gasteiger partial charge < -0.3 is 4.74 Å². The maximum absolute atomic E-state index is 12.0. The molecule has 0 spiro atoms. The van der Waals surface area contributed by atoms with Crippen molar-refractivity contribution in [3.8, 4) is 5.75 Å². The van der Waals surface area contributed by atoms with E-state index < -0.39 is 12.1 Å². The Morgan fingerprint density at radius 3 is 2.62 bits per heavy atom. The Labute approximate surface area is 111 Å². The number of hydrogen-bond acceptors (Lipinski definition) is 3. The van der Waals surface area contributed by atoms with Gasteiger partial charge in [-0.15, -0.1) is 13.2 Å². The summed E-state index contributed by atoms with van der Waals surface area (Å²) in [4.78, 5) is 14.4. The standard InChI is InChI=1S/C8H4BrF3INO2/c9-2-5-4(3-15)1-6(7(13)14-5)16-8(10,11)12/h1,3H,2H2. The molecule has 0 aliphatic rings. The Morgan fingerprint density at radius 2 is 2.19 bits per heavy atom. The van der Waals surface area contributed by atoms with E-state index in [1.165, 1.54) is 0 Å². The van der Waals surface area contributed by atoms with Crippen LogP contribution in [0, 0.1) is 3.70 Å². The molecule has 0 atom stereocenters. The number of hydrogen-bond donors (Lipinski definition) is 0. The van der Waals surface area contributed by atoms with E-state index in [9.17, 15) is 18.0 Å². The molecule has 0 fully saturated rings. The lowest BCUT2D eigenvalue weighted by Gasteiger charge is -2.11. The number of alkyl halides is 4. The fraction of sp³-hybridized carbons (Fsp3) is 0.250. The van der Waals surface area contributed by atoms with E-state index in [0.29, 0.717) is 12.0 Å². The van der Waals surface area contributed by atoms with Crippen molar-refractivity contribution < 1.29 is 22.7 Å². The number of nitrogens with zero attached hydrogens (tertiary/aromatic N) is 1. The third kappa shape index (κ3) is 3.58. The van der Waals surface area contributed by atoms with Crippen LogP contribution in [-0.4, -0.2) is 17.6 Å². The summed E-state index contributed by atoms with van der Waals surface area (Å²) < 4.78 is 39.7. The van der Waals surface area contributed by atoms with Crippen molar-refractivity contribution in [2.75, 3.05) is 0 Å². The minimum Gasteiger partial charge on any atom is -0.403 e. The van der Waals surface area contributed by atoms with Gasteiger partial charge in [0.25, 0.3) is 0 Å². The summed E-state index contributed by atoms with van der Waals surface area (Å²) in [5.74, 6) is -0.472. The summed E-state index contributed by atoms with van der Waals surface area (Å²) in [6.07, 6.45) is -4.36. The average Bonchev–Trinajstić information content (AvgIpc) is 2.18. The highest BCUT2D eigenvalue weighted by Gasteiger charge is 2.32. The van der Waals surface area contributed by atoms with Crippen molar-refractivity contribution in [1.82, 2.24) is 4.98 Å². The molecule has 0 aliphatic heterocycles.